The maximum Gasteiger partial charge on any atom is 0.222 e. The Kier molecular flexibility index (Phi) is 5.05. The fourth-order valence-electron chi connectivity index (χ4n) is 1.96. The fraction of sp³-hybridized carbons (Fsp3) is 0.909. The SMILES string of the molecule is CCN(CC)CCN1CC(N)CCC1=O. The zero-order valence-electron chi connectivity index (χ0n) is 9.91. The number of likely N-dealkylation sites (tertiary alicyclic amines) is 1. The predicted molar refractivity (Wildman–Crippen MR) is 61.6 cm³/mol. The Morgan fingerprint density at radius 3 is 2.73 bits per heavy atom. The first-order valence-electron chi connectivity index (χ1n) is 5.93. The highest BCUT2D eigenvalue weighted by Crippen LogP contribution is 2.09. The van der Waals surface area contributed by atoms with Crippen LogP contribution in [0.5, 0.6) is 0 Å². The van der Waals surface area contributed by atoms with Crippen molar-refractivity contribution in [2.75, 3.05) is 32.7 Å². The minimum atomic E-state index is 0.180. The van der Waals surface area contributed by atoms with Crippen LogP contribution >= 0.6 is 0 Å². The van der Waals surface area contributed by atoms with Crippen molar-refractivity contribution >= 4 is 5.91 Å². The lowest BCUT2D eigenvalue weighted by Crippen LogP contribution is -2.48. The average Bonchev–Trinajstić information content (AvgIpc) is 2.24. The molecule has 4 nitrogen and oxygen atoms in total. The van der Waals surface area contributed by atoms with Gasteiger partial charge < -0.3 is 15.5 Å². The lowest BCUT2D eigenvalue weighted by Gasteiger charge is -2.32. The molecule has 0 bridgehead atoms. The first kappa shape index (κ1) is 12.5. The highest BCUT2D eigenvalue weighted by Gasteiger charge is 2.22. The molecule has 88 valence electrons. The molecule has 2 N–H and O–H groups in total. The molecule has 0 radical (unpaired) electrons. The first-order chi connectivity index (χ1) is 7.17. The molecule has 0 aromatic rings. The minimum absolute atomic E-state index is 0.180. The van der Waals surface area contributed by atoms with E-state index in [9.17, 15) is 4.79 Å². The quantitative estimate of drug-likeness (QED) is 0.713. The van der Waals surface area contributed by atoms with Crippen LogP contribution in [0.4, 0.5) is 0 Å². The smallest absolute Gasteiger partial charge is 0.222 e. The largest absolute Gasteiger partial charge is 0.340 e. The highest BCUT2D eigenvalue weighted by atomic mass is 16.2. The van der Waals surface area contributed by atoms with Crippen molar-refractivity contribution in [2.45, 2.75) is 32.7 Å². The van der Waals surface area contributed by atoms with Gasteiger partial charge in [-0.15, -0.1) is 0 Å². The van der Waals surface area contributed by atoms with Gasteiger partial charge in [-0.1, -0.05) is 13.8 Å². The van der Waals surface area contributed by atoms with Crippen LogP contribution in [0.15, 0.2) is 0 Å². The summed E-state index contributed by atoms with van der Waals surface area (Å²) >= 11 is 0. The number of hydrogen-bond donors (Lipinski definition) is 1. The summed E-state index contributed by atoms with van der Waals surface area (Å²) in [5.41, 5.74) is 5.85. The van der Waals surface area contributed by atoms with Gasteiger partial charge in [0.1, 0.15) is 0 Å². The number of piperidine rings is 1. The number of carbonyl (C=O) groups is 1. The molecule has 1 fully saturated rings. The molecule has 1 aliphatic heterocycles. The van der Waals surface area contributed by atoms with Crippen molar-refractivity contribution in [1.29, 1.82) is 0 Å². The number of hydrogen-bond acceptors (Lipinski definition) is 3. The second kappa shape index (κ2) is 6.08. The molecular formula is C11H23N3O. The number of amides is 1. The van der Waals surface area contributed by atoms with Crippen LogP contribution in [0.2, 0.25) is 0 Å². The van der Waals surface area contributed by atoms with E-state index in [-0.39, 0.29) is 11.9 Å². The van der Waals surface area contributed by atoms with Crippen molar-refractivity contribution in [3.8, 4) is 0 Å². The summed E-state index contributed by atoms with van der Waals surface area (Å²) in [4.78, 5) is 15.8. The van der Waals surface area contributed by atoms with Crippen molar-refractivity contribution < 1.29 is 4.79 Å². The summed E-state index contributed by atoms with van der Waals surface area (Å²) < 4.78 is 0. The molecule has 1 heterocycles. The summed E-state index contributed by atoms with van der Waals surface area (Å²) in [7, 11) is 0. The second-order valence-electron chi connectivity index (χ2n) is 4.17. The molecule has 1 unspecified atom stereocenters. The van der Waals surface area contributed by atoms with E-state index >= 15 is 0 Å². The number of nitrogens with zero attached hydrogens (tertiary/aromatic N) is 2. The maximum absolute atomic E-state index is 11.6. The van der Waals surface area contributed by atoms with E-state index in [1.54, 1.807) is 0 Å². The molecule has 0 aliphatic carbocycles. The van der Waals surface area contributed by atoms with Gasteiger partial charge in [0.2, 0.25) is 5.91 Å². The van der Waals surface area contributed by atoms with Gasteiger partial charge in [0, 0.05) is 32.1 Å². The van der Waals surface area contributed by atoms with Gasteiger partial charge in [-0.3, -0.25) is 4.79 Å². The van der Waals surface area contributed by atoms with Crippen LogP contribution in [0.3, 0.4) is 0 Å². The van der Waals surface area contributed by atoms with Crippen molar-refractivity contribution in [3.63, 3.8) is 0 Å². The monoisotopic (exact) mass is 213 g/mol. The molecule has 1 amide bonds. The summed E-state index contributed by atoms with van der Waals surface area (Å²) in [6, 6.07) is 0.180. The van der Waals surface area contributed by atoms with Gasteiger partial charge in [0.25, 0.3) is 0 Å². The number of carbonyl (C=O) groups excluding carboxylic acids is 1. The summed E-state index contributed by atoms with van der Waals surface area (Å²) in [6.07, 6.45) is 1.47. The molecule has 1 aliphatic rings. The van der Waals surface area contributed by atoms with Crippen LogP contribution in [0, 0.1) is 0 Å². The van der Waals surface area contributed by atoms with E-state index in [2.05, 4.69) is 18.7 Å². The predicted octanol–water partition coefficient (Wildman–Crippen LogP) is 0.278. The Morgan fingerprint density at radius 2 is 2.13 bits per heavy atom. The van der Waals surface area contributed by atoms with Crippen LogP contribution < -0.4 is 5.73 Å². The van der Waals surface area contributed by atoms with Gasteiger partial charge in [0.05, 0.1) is 0 Å². The zero-order valence-corrected chi connectivity index (χ0v) is 9.91. The van der Waals surface area contributed by atoms with E-state index in [0.29, 0.717) is 6.42 Å². The van der Waals surface area contributed by atoms with E-state index in [1.807, 2.05) is 4.90 Å². The van der Waals surface area contributed by atoms with Crippen LogP contribution in [0.1, 0.15) is 26.7 Å². The standard InChI is InChI=1S/C11H23N3O/c1-3-13(4-2)7-8-14-9-10(12)5-6-11(14)15/h10H,3-9,12H2,1-2H3. The molecule has 0 aromatic heterocycles. The van der Waals surface area contributed by atoms with Gasteiger partial charge in [-0.25, -0.2) is 0 Å². The molecular weight excluding hydrogens is 190 g/mol. The summed E-state index contributed by atoms with van der Waals surface area (Å²) in [5, 5.41) is 0. The molecule has 0 aromatic carbocycles. The van der Waals surface area contributed by atoms with E-state index < -0.39 is 0 Å². The normalized spacial score (nSPS) is 22.5. The van der Waals surface area contributed by atoms with Crippen molar-refractivity contribution in [1.82, 2.24) is 9.80 Å². The Morgan fingerprint density at radius 1 is 1.47 bits per heavy atom. The van der Waals surface area contributed by atoms with Crippen LogP contribution in [0.25, 0.3) is 0 Å². The van der Waals surface area contributed by atoms with Crippen LogP contribution in [-0.2, 0) is 4.79 Å². The molecule has 15 heavy (non-hydrogen) atoms. The lowest BCUT2D eigenvalue weighted by atomic mass is 10.1. The first-order valence-corrected chi connectivity index (χ1v) is 5.93. The lowest BCUT2D eigenvalue weighted by molar-refractivity contribution is -0.133. The number of rotatable bonds is 5. The Labute approximate surface area is 92.4 Å². The molecule has 0 saturated carbocycles. The molecule has 4 heteroatoms. The average molecular weight is 213 g/mol. The fourth-order valence-corrected chi connectivity index (χ4v) is 1.96. The third kappa shape index (κ3) is 3.80. The molecule has 1 rings (SSSR count). The molecule has 1 atom stereocenters. The Bertz CT molecular complexity index is 204. The second-order valence-corrected chi connectivity index (χ2v) is 4.17. The van der Waals surface area contributed by atoms with Crippen LogP contribution in [-0.4, -0.2) is 54.5 Å². The maximum atomic E-state index is 11.6. The van der Waals surface area contributed by atoms with Gasteiger partial charge in [0.15, 0.2) is 0 Å². The van der Waals surface area contributed by atoms with E-state index in [1.165, 1.54) is 0 Å². The Hall–Kier alpha value is -0.610. The van der Waals surface area contributed by atoms with Crippen molar-refractivity contribution in [3.05, 3.63) is 0 Å². The number of likely N-dealkylation sites (N-methyl/N-ethyl adjacent to an activating group) is 1. The van der Waals surface area contributed by atoms with E-state index in [4.69, 9.17) is 5.73 Å². The highest BCUT2D eigenvalue weighted by molar-refractivity contribution is 5.77. The van der Waals surface area contributed by atoms with Gasteiger partial charge >= 0.3 is 0 Å². The summed E-state index contributed by atoms with van der Waals surface area (Å²) in [5.74, 6) is 0.267. The topological polar surface area (TPSA) is 49.6 Å². The van der Waals surface area contributed by atoms with E-state index in [0.717, 1.165) is 39.1 Å². The Balaban J connectivity index is 2.32. The third-order valence-electron chi connectivity index (χ3n) is 3.12. The van der Waals surface area contributed by atoms with Gasteiger partial charge in [-0.2, -0.15) is 0 Å². The molecule has 1 saturated heterocycles. The van der Waals surface area contributed by atoms with Crippen molar-refractivity contribution in [2.24, 2.45) is 5.73 Å². The zero-order chi connectivity index (χ0) is 11.3. The third-order valence-corrected chi connectivity index (χ3v) is 3.12. The minimum Gasteiger partial charge on any atom is -0.340 e. The molecule has 0 spiro atoms. The summed E-state index contributed by atoms with van der Waals surface area (Å²) in [6.45, 7) is 8.91. The van der Waals surface area contributed by atoms with Gasteiger partial charge in [-0.05, 0) is 19.5 Å². The number of nitrogens with two attached hydrogens (primary N) is 1.